The van der Waals surface area contributed by atoms with Crippen molar-refractivity contribution in [2.45, 2.75) is 32.8 Å². The maximum atomic E-state index is 11.8. The number of hydrogen-bond acceptors (Lipinski definition) is 4. The van der Waals surface area contributed by atoms with E-state index in [0.717, 1.165) is 12.0 Å². The molecule has 0 aliphatic rings. The third kappa shape index (κ3) is 4.75. The van der Waals surface area contributed by atoms with E-state index in [4.69, 9.17) is 9.47 Å². The molecule has 1 rings (SSSR count). The number of phenols is 1. The first kappa shape index (κ1) is 14.5. The van der Waals surface area contributed by atoms with Gasteiger partial charge >= 0.3 is 5.97 Å². The predicted octanol–water partition coefficient (Wildman–Crippen LogP) is 2.29. The van der Waals surface area contributed by atoms with Crippen LogP contribution in [0.2, 0.25) is 0 Å². The van der Waals surface area contributed by atoms with Gasteiger partial charge in [-0.05, 0) is 31.0 Å². The highest BCUT2D eigenvalue weighted by molar-refractivity contribution is 5.75. The zero-order chi connectivity index (χ0) is 13.4. The molecular formula is C14H20O4. The van der Waals surface area contributed by atoms with Gasteiger partial charge in [-0.3, -0.25) is 0 Å². The summed E-state index contributed by atoms with van der Waals surface area (Å²) in [6, 6.07) is 6.73. The van der Waals surface area contributed by atoms with E-state index in [1.807, 2.05) is 13.8 Å². The van der Waals surface area contributed by atoms with E-state index in [9.17, 15) is 9.90 Å². The summed E-state index contributed by atoms with van der Waals surface area (Å²) < 4.78 is 10.5. The molecule has 18 heavy (non-hydrogen) atoms. The molecule has 1 aromatic rings. The smallest absolute Gasteiger partial charge is 0.335 e. The maximum Gasteiger partial charge on any atom is 0.335 e. The van der Waals surface area contributed by atoms with Crippen molar-refractivity contribution < 1.29 is 19.4 Å². The Morgan fingerprint density at radius 1 is 1.28 bits per heavy atom. The van der Waals surface area contributed by atoms with Crippen LogP contribution >= 0.6 is 0 Å². The Hall–Kier alpha value is -1.55. The van der Waals surface area contributed by atoms with Crippen molar-refractivity contribution in [2.75, 3.05) is 13.2 Å². The number of ether oxygens (including phenoxy) is 2. The Bertz CT molecular complexity index is 359. The van der Waals surface area contributed by atoms with Crippen molar-refractivity contribution in [3.8, 4) is 5.75 Å². The molecule has 0 spiro atoms. The van der Waals surface area contributed by atoms with E-state index in [1.54, 1.807) is 24.3 Å². The van der Waals surface area contributed by atoms with Crippen LogP contribution in [0, 0.1) is 0 Å². The topological polar surface area (TPSA) is 55.8 Å². The van der Waals surface area contributed by atoms with E-state index >= 15 is 0 Å². The second-order valence-corrected chi connectivity index (χ2v) is 3.98. The van der Waals surface area contributed by atoms with Crippen LogP contribution in [0.5, 0.6) is 5.75 Å². The van der Waals surface area contributed by atoms with Crippen LogP contribution in [0.4, 0.5) is 0 Å². The zero-order valence-corrected chi connectivity index (χ0v) is 10.9. The number of esters is 1. The molecule has 0 aliphatic heterocycles. The third-order valence-corrected chi connectivity index (χ3v) is 2.44. The summed E-state index contributed by atoms with van der Waals surface area (Å²) >= 11 is 0. The third-order valence-electron chi connectivity index (χ3n) is 2.44. The van der Waals surface area contributed by atoms with Gasteiger partial charge in [-0.1, -0.05) is 19.1 Å². The lowest BCUT2D eigenvalue weighted by molar-refractivity contribution is -0.156. The molecule has 0 amide bonds. The van der Waals surface area contributed by atoms with E-state index < -0.39 is 6.10 Å². The Morgan fingerprint density at radius 2 is 1.94 bits per heavy atom. The lowest BCUT2D eigenvalue weighted by atomic mass is 10.1. The van der Waals surface area contributed by atoms with Crippen LogP contribution in [0.15, 0.2) is 24.3 Å². The van der Waals surface area contributed by atoms with Gasteiger partial charge in [0.05, 0.1) is 6.61 Å². The zero-order valence-electron chi connectivity index (χ0n) is 10.9. The molecule has 4 heteroatoms. The van der Waals surface area contributed by atoms with Gasteiger partial charge in [0.1, 0.15) is 5.75 Å². The van der Waals surface area contributed by atoms with E-state index in [1.165, 1.54) is 0 Å². The molecule has 1 atom stereocenters. The molecule has 0 radical (unpaired) electrons. The number of hydrogen-bond donors (Lipinski definition) is 1. The van der Waals surface area contributed by atoms with Gasteiger partial charge in [0.2, 0.25) is 0 Å². The first-order valence-corrected chi connectivity index (χ1v) is 6.23. The second-order valence-electron chi connectivity index (χ2n) is 3.98. The van der Waals surface area contributed by atoms with Crippen molar-refractivity contribution in [3.63, 3.8) is 0 Å². The van der Waals surface area contributed by atoms with Crippen LogP contribution in [0.3, 0.4) is 0 Å². The van der Waals surface area contributed by atoms with Crippen LogP contribution in [-0.4, -0.2) is 30.4 Å². The summed E-state index contributed by atoms with van der Waals surface area (Å²) in [5, 5.41) is 9.20. The Kier molecular flexibility index (Phi) is 6.22. The molecule has 100 valence electrons. The van der Waals surface area contributed by atoms with E-state index in [2.05, 4.69) is 0 Å². The number of benzene rings is 1. The standard InChI is InChI=1S/C14H20O4/c1-3-9-18-14(16)13(17-4-2)10-11-5-7-12(15)8-6-11/h5-8,13,15H,3-4,9-10H2,1-2H3. The van der Waals surface area contributed by atoms with Crippen molar-refractivity contribution in [3.05, 3.63) is 29.8 Å². The normalized spacial score (nSPS) is 12.1. The van der Waals surface area contributed by atoms with Gasteiger partial charge in [0.25, 0.3) is 0 Å². The molecule has 1 N–H and O–H groups in total. The van der Waals surface area contributed by atoms with Crippen LogP contribution in [0.1, 0.15) is 25.8 Å². The van der Waals surface area contributed by atoms with Crippen LogP contribution in [-0.2, 0) is 20.7 Å². The SMILES string of the molecule is CCCOC(=O)C(Cc1ccc(O)cc1)OCC. The fraction of sp³-hybridized carbons (Fsp3) is 0.500. The van der Waals surface area contributed by atoms with E-state index in [-0.39, 0.29) is 11.7 Å². The summed E-state index contributed by atoms with van der Waals surface area (Å²) in [5.74, 6) is -0.118. The van der Waals surface area contributed by atoms with Crippen molar-refractivity contribution in [1.29, 1.82) is 0 Å². The monoisotopic (exact) mass is 252 g/mol. The van der Waals surface area contributed by atoms with E-state index in [0.29, 0.717) is 19.6 Å². The van der Waals surface area contributed by atoms with Gasteiger partial charge < -0.3 is 14.6 Å². The van der Waals surface area contributed by atoms with Crippen LogP contribution in [0.25, 0.3) is 0 Å². The Labute approximate surface area is 108 Å². The Morgan fingerprint density at radius 3 is 2.50 bits per heavy atom. The first-order chi connectivity index (χ1) is 8.67. The molecule has 1 unspecified atom stereocenters. The van der Waals surface area contributed by atoms with Gasteiger partial charge in [0.15, 0.2) is 6.10 Å². The molecule has 0 heterocycles. The average Bonchev–Trinajstić information content (AvgIpc) is 2.38. The number of aromatic hydroxyl groups is 1. The van der Waals surface area contributed by atoms with Gasteiger partial charge in [0, 0.05) is 13.0 Å². The summed E-state index contributed by atoms with van der Waals surface area (Å²) in [7, 11) is 0. The molecule has 0 saturated carbocycles. The highest BCUT2D eigenvalue weighted by atomic mass is 16.6. The lowest BCUT2D eigenvalue weighted by Crippen LogP contribution is -2.29. The lowest BCUT2D eigenvalue weighted by Gasteiger charge is -2.15. The molecule has 1 aromatic carbocycles. The fourth-order valence-corrected chi connectivity index (χ4v) is 1.55. The minimum absolute atomic E-state index is 0.209. The molecule has 0 bridgehead atoms. The summed E-state index contributed by atoms with van der Waals surface area (Å²) in [4.78, 5) is 11.8. The largest absolute Gasteiger partial charge is 0.508 e. The maximum absolute atomic E-state index is 11.8. The predicted molar refractivity (Wildman–Crippen MR) is 68.5 cm³/mol. The van der Waals surface area contributed by atoms with Crippen molar-refractivity contribution in [1.82, 2.24) is 0 Å². The minimum Gasteiger partial charge on any atom is -0.508 e. The summed E-state index contributed by atoms with van der Waals surface area (Å²) in [5.41, 5.74) is 0.930. The van der Waals surface area contributed by atoms with Gasteiger partial charge in [-0.15, -0.1) is 0 Å². The first-order valence-electron chi connectivity index (χ1n) is 6.23. The average molecular weight is 252 g/mol. The number of rotatable bonds is 7. The molecule has 0 fully saturated rings. The van der Waals surface area contributed by atoms with Crippen LogP contribution < -0.4 is 0 Å². The second kappa shape index (κ2) is 7.71. The number of carbonyl (C=O) groups excluding carboxylic acids is 1. The molecule has 4 nitrogen and oxygen atoms in total. The molecule has 0 aliphatic carbocycles. The van der Waals surface area contributed by atoms with Crippen molar-refractivity contribution >= 4 is 5.97 Å². The highest BCUT2D eigenvalue weighted by Gasteiger charge is 2.20. The summed E-state index contributed by atoms with van der Waals surface area (Å²) in [6.07, 6.45) is 0.673. The fourth-order valence-electron chi connectivity index (χ4n) is 1.55. The summed E-state index contributed by atoms with van der Waals surface area (Å²) in [6.45, 7) is 4.67. The van der Waals surface area contributed by atoms with Crippen molar-refractivity contribution in [2.24, 2.45) is 0 Å². The molecular weight excluding hydrogens is 232 g/mol. The number of phenolic OH excluding ortho intramolecular Hbond substituents is 1. The number of carbonyl (C=O) groups is 1. The van der Waals surface area contributed by atoms with Gasteiger partial charge in [-0.2, -0.15) is 0 Å². The molecule has 0 saturated heterocycles. The highest BCUT2D eigenvalue weighted by Crippen LogP contribution is 2.13. The van der Waals surface area contributed by atoms with Gasteiger partial charge in [-0.25, -0.2) is 4.79 Å². The Balaban J connectivity index is 2.61. The minimum atomic E-state index is -0.578. The molecule has 0 aromatic heterocycles. The quantitative estimate of drug-likeness (QED) is 0.756.